The van der Waals surface area contributed by atoms with Crippen LogP contribution in [-0.4, -0.2) is 39.9 Å². The fraction of sp³-hybridized carbons (Fsp3) is 0.400. The van der Waals surface area contributed by atoms with Crippen LogP contribution in [0.1, 0.15) is 0 Å². The van der Waals surface area contributed by atoms with E-state index in [4.69, 9.17) is 21.4 Å². The highest BCUT2D eigenvalue weighted by atomic mass is 35.5. The SMILES string of the molecule is COCC(CO)NS(=O)(=O)c1ccc(F)cc1Cl. The Kier molecular flexibility index (Phi) is 5.48. The number of halogens is 2. The van der Waals surface area contributed by atoms with Gasteiger partial charge in [-0.2, -0.15) is 0 Å². The van der Waals surface area contributed by atoms with Gasteiger partial charge in [0, 0.05) is 7.11 Å². The minimum atomic E-state index is -3.93. The average molecular weight is 298 g/mol. The van der Waals surface area contributed by atoms with Gasteiger partial charge < -0.3 is 9.84 Å². The summed E-state index contributed by atoms with van der Waals surface area (Å²) in [7, 11) is -2.55. The Morgan fingerprint density at radius 3 is 2.72 bits per heavy atom. The number of rotatable bonds is 6. The topological polar surface area (TPSA) is 75.6 Å². The van der Waals surface area contributed by atoms with E-state index >= 15 is 0 Å². The molecule has 1 atom stereocenters. The van der Waals surface area contributed by atoms with Crippen LogP contribution in [0.5, 0.6) is 0 Å². The number of hydrogen-bond acceptors (Lipinski definition) is 4. The number of aliphatic hydroxyl groups excluding tert-OH is 1. The van der Waals surface area contributed by atoms with Crippen molar-refractivity contribution in [2.75, 3.05) is 20.3 Å². The fourth-order valence-corrected chi connectivity index (χ4v) is 3.04. The summed E-state index contributed by atoms with van der Waals surface area (Å²) in [4.78, 5) is -0.250. The van der Waals surface area contributed by atoms with Crippen LogP contribution in [-0.2, 0) is 14.8 Å². The van der Waals surface area contributed by atoms with Crippen LogP contribution in [0, 0.1) is 5.82 Å². The van der Waals surface area contributed by atoms with Crippen LogP contribution in [0.15, 0.2) is 23.1 Å². The summed E-state index contributed by atoms with van der Waals surface area (Å²) in [5.41, 5.74) is 0. The van der Waals surface area contributed by atoms with Gasteiger partial charge >= 0.3 is 0 Å². The lowest BCUT2D eigenvalue weighted by Gasteiger charge is -2.16. The lowest BCUT2D eigenvalue weighted by molar-refractivity contribution is 0.139. The molecule has 0 spiro atoms. The molecule has 2 N–H and O–H groups in total. The molecule has 0 fully saturated rings. The smallest absolute Gasteiger partial charge is 0.242 e. The first-order valence-electron chi connectivity index (χ1n) is 4.98. The first-order chi connectivity index (χ1) is 8.40. The third kappa shape index (κ3) is 3.89. The maximum atomic E-state index is 12.8. The lowest BCUT2D eigenvalue weighted by Crippen LogP contribution is -2.40. The molecule has 8 heteroatoms. The van der Waals surface area contributed by atoms with E-state index in [1.54, 1.807) is 0 Å². The zero-order valence-electron chi connectivity index (χ0n) is 9.56. The zero-order chi connectivity index (χ0) is 13.8. The second-order valence-electron chi connectivity index (χ2n) is 3.53. The summed E-state index contributed by atoms with van der Waals surface area (Å²) in [5, 5.41) is 8.76. The quantitative estimate of drug-likeness (QED) is 0.813. The first-order valence-corrected chi connectivity index (χ1v) is 6.84. The molecule has 1 unspecified atom stereocenters. The summed E-state index contributed by atoms with van der Waals surface area (Å²) in [6.45, 7) is -0.416. The Morgan fingerprint density at radius 2 is 2.22 bits per heavy atom. The first kappa shape index (κ1) is 15.3. The van der Waals surface area contributed by atoms with Crippen molar-refractivity contribution < 1.29 is 22.7 Å². The van der Waals surface area contributed by atoms with E-state index in [0.29, 0.717) is 0 Å². The fourth-order valence-electron chi connectivity index (χ4n) is 1.30. The molecule has 1 aromatic rings. The monoisotopic (exact) mass is 297 g/mol. The third-order valence-electron chi connectivity index (χ3n) is 2.09. The second kappa shape index (κ2) is 6.44. The van der Waals surface area contributed by atoms with Crippen LogP contribution in [0.2, 0.25) is 5.02 Å². The van der Waals surface area contributed by atoms with E-state index in [2.05, 4.69) is 4.72 Å². The van der Waals surface area contributed by atoms with Crippen molar-refractivity contribution in [3.05, 3.63) is 29.0 Å². The van der Waals surface area contributed by atoms with Crippen molar-refractivity contribution in [2.45, 2.75) is 10.9 Å². The predicted octanol–water partition coefficient (Wildman–Crippen LogP) is 0.765. The van der Waals surface area contributed by atoms with E-state index in [1.807, 2.05) is 0 Å². The number of nitrogens with one attached hydrogen (secondary N) is 1. The van der Waals surface area contributed by atoms with Gasteiger partial charge in [0.15, 0.2) is 0 Å². The predicted molar refractivity (Wildman–Crippen MR) is 64.5 cm³/mol. The van der Waals surface area contributed by atoms with Gasteiger partial charge in [-0.3, -0.25) is 0 Å². The molecule has 0 saturated heterocycles. The normalized spacial score (nSPS) is 13.6. The molecule has 0 aliphatic rings. The molecule has 5 nitrogen and oxygen atoms in total. The summed E-state index contributed by atoms with van der Waals surface area (Å²) in [6.07, 6.45) is 0. The molecule has 0 bridgehead atoms. The largest absolute Gasteiger partial charge is 0.395 e. The van der Waals surface area contributed by atoms with Crippen LogP contribution >= 0.6 is 11.6 Å². The summed E-state index contributed by atoms with van der Waals surface area (Å²) in [5.74, 6) is -0.630. The number of benzene rings is 1. The molecule has 0 aliphatic heterocycles. The van der Waals surface area contributed by atoms with Gasteiger partial charge in [-0.15, -0.1) is 0 Å². The number of aliphatic hydroxyl groups is 1. The number of methoxy groups -OCH3 is 1. The van der Waals surface area contributed by atoms with Gasteiger partial charge in [0.1, 0.15) is 10.7 Å². The highest BCUT2D eigenvalue weighted by Crippen LogP contribution is 2.22. The summed E-state index contributed by atoms with van der Waals surface area (Å²) < 4.78 is 43.6. The standard InChI is InChI=1S/C10H13ClFNO4S/c1-17-6-8(5-14)13-18(15,16)10-3-2-7(12)4-9(10)11/h2-4,8,13-14H,5-6H2,1H3. The van der Waals surface area contributed by atoms with Crippen LogP contribution in [0.25, 0.3) is 0 Å². The van der Waals surface area contributed by atoms with E-state index < -0.39 is 28.5 Å². The molecule has 0 aromatic heterocycles. The Balaban J connectivity index is 2.99. The molecule has 0 radical (unpaired) electrons. The van der Waals surface area contributed by atoms with Gasteiger partial charge in [-0.1, -0.05) is 11.6 Å². The molecule has 0 amide bonds. The molecule has 1 rings (SSSR count). The maximum absolute atomic E-state index is 12.8. The Morgan fingerprint density at radius 1 is 1.56 bits per heavy atom. The van der Waals surface area contributed by atoms with Crippen molar-refractivity contribution in [1.29, 1.82) is 0 Å². The Hall–Kier alpha value is -0.730. The van der Waals surface area contributed by atoms with E-state index in [0.717, 1.165) is 18.2 Å². The van der Waals surface area contributed by atoms with E-state index in [-0.39, 0.29) is 16.5 Å². The summed E-state index contributed by atoms with van der Waals surface area (Å²) >= 11 is 5.66. The molecular formula is C10H13ClFNO4S. The molecule has 0 aliphatic carbocycles. The Labute approximate surface area is 110 Å². The van der Waals surface area contributed by atoms with Crippen molar-refractivity contribution in [3.63, 3.8) is 0 Å². The van der Waals surface area contributed by atoms with Gasteiger partial charge in [0.2, 0.25) is 10.0 Å². The number of hydrogen-bond donors (Lipinski definition) is 2. The van der Waals surface area contributed by atoms with E-state index in [1.165, 1.54) is 7.11 Å². The maximum Gasteiger partial charge on any atom is 0.242 e. The van der Waals surface area contributed by atoms with Crippen LogP contribution in [0.4, 0.5) is 4.39 Å². The number of ether oxygens (including phenoxy) is 1. The van der Waals surface area contributed by atoms with Crippen molar-refractivity contribution >= 4 is 21.6 Å². The minimum Gasteiger partial charge on any atom is -0.395 e. The molecule has 102 valence electrons. The second-order valence-corrected chi connectivity index (χ2v) is 5.62. The van der Waals surface area contributed by atoms with Gasteiger partial charge in [-0.25, -0.2) is 17.5 Å². The van der Waals surface area contributed by atoms with Crippen molar-refractivity contribution in [2.24, 2.45) is 0 Å². The van der Waals surface area contributed by atoms with E-state index in [9.17, 15) is 12.8 Å². The molecule has 0 heterocycles. The van der Waals surface area contributed by atoms with Crippen LogP contribution in [0.3, 0.4) is 0 Å². The molecule has 0 saturated carbocycles. The van der Waals surface area contributed by atoms with Crippen molar-refractivity contribution in [1.82, 2.24) is 4.72 Å². The average Bonchev–Trinajstić information content (AvgIpc) is 2.27. The Bertz CT molecular complexity index is 509. The highest BCUT2D eigenvalue weighted by Gasteiger charge is 2.22. The zero-order valence-corrected chi connectivity index (χ0v) is 11.1. The third-order valence-corrected chi connectivity index (χ3v) is 4.10. The van der Waals surface area contributed by atoms with Gasteiger partial charge in [0.25, 0.3) is 0 Å². The summed E-state index contributed by atoms with van der Waals surface area (Å²) in [6, 6.07) is 2.16. The molecular weight excluding hydrogens is 285 g/mol. The molecule has 1 aromatic carbocycles. The van der Waals surface area contributed by atoms with Gasteiger partial charge in [0.05, 0.1) is 24.3 Å². The molecule has 18 heavy (non-hydrogen) atoms. The lowest BCUT2D eigenvalue weighted by atomic mass is 10.3. The highest BCUT2D eigenvalue weighted by molar-refractivity contribution is 7.89. The van der Waals surface area contributed by atoms with Crippen LogP contribution < -0.4 is 4.72 Å². The van der Waals surface area contributed by atoms with Crippen molar-refractivity contribution in [3.8, 4) is 0 Å². The minimum absolute atomic E-state index is 0.00848. The number of sulfonamides is 1. The van der Waals surface area contributed by atoms with Gasteiger partial charge in [-0.05, 0) is 18.2 Å².